The molecule has 1 aliphatic carbocycles. The van der Waals surface area contributed by atoms with Gasteiger partial charge in [-0.05, 0) is 60.9 Å². The van der Waals surface area contributed by atoms with Crippen LogP contribution >= 0.6 is 0 Å². The van der Waals surface area contributed by atoms with Crippen LogP contribution in [0, 0.1) is 18.6 Å². The first kappa shape index (κ1) is 16.6. The number of esters is 1. The average molecular weight is 331 g/mol. The third-order valence-electron chi connectivity index (χ3n) is 5.07. The van der Waals surface area contributed by atoms with Gasteiger partial charge < -0.3 is 4.74 Å². The summed E-state index contributed by atoms with van der Waals surface area (Å²) in [6.07, 6.45) is 4.46. The lowest BCUT2D eigenvalue weighted by Gasteiger charge is -2.29. The van der Waals surface area contributed by atoms with Gasteiger partial charge in [-0.2, -0.15) is 0 Å². The Morgan fingerprint density at radius 2 is 2.12 bits per heavy atom. The van der Waals surface area contributed by atoms with E-state index in [4.69, 9.17) is 4.74 Å². The molecule has 1 heterocycles. The highest BCUT2D eigenvalue weighted by molar-refractivity contribution is 5.84. The number of methoxy groups -OCH3 is 1. The van der Waals surface area contributed by atoms with Crippen molar-refractivity contribution >= 4 is 5.97 Å². The van der Waals surface area contributed by atoms with Gasteiger partial charge in [-0.1, -0.05) is 12.1 Å². The number of carbonyl (C=O) groups is 1. The first-order chi connectivity index (χ1) is 11.5. The number of pyridine rings is 1. The highest BCUT2D eigenvalue weighted by Crippen LogP contribution is 2.50. The number of halogens is 2. The van der Waals surface area contributed by atoms with E-state index in [1.165, 1.54) is 19.2 Å². The molecule has 0 saturated heterocycles. The lowest BCUT2D eigenvalue weighted by atomic mass is 9.75. The standard InChI is InChI=1S/C19H19F2NO2/c1-12-16(4-3-5-17(12)21)19(18(23)24-2)7-6-13(9-19)14-8-15(20)11-22-10-14/h3-5,8,10-11,13H,6-7,9H2,1-2H3/t13?,19-/m0/s1. The van der Waals surface area contributed by atoms with Crippen molar-refractivity contribution < 1.29 is 18.3 Å². The molecule has 2 aromatic rings. The topological polar surface area (TPSA) is 39.2 Å². The fourth-order valence-electron chi connectivity index (χ4n) is 3.84. The molecule has 24 heavy (non-hydrogen) atoms. The van der Waals surface area contributed by atoms with Crippen molar-refractivity contribution in [3.8, 4) is 0 Å². The zero-order valence-corrected chi connectivity index (χ0v) is 13.7. The Balaban J connectivity index is 2.03. The molecular formula is C19H19F2NO2. The van der Waals surface area contributed by atoms with Gasteiger partial charge in [0, 0.05) is 6.20 Å². The Bertz CT molecular complexity index is 778. The van der Waals surface area contributed by atoms with Crippen molar-refractivity contribution in [2.24, 2.45) is 0 Å². The van der Waals surface area contributed by atoms with Gasteiger partial charge in [0.15, 0.2) is 0 Å². The Morgan fingerprint density at radius 3 is 2.83 bits per heavy atom. The highest BCUT2D eigenvalue weighted by atomic mass is 19.1. The Labute approximate surface area is 139 Å². The van der Waals surface area contributed by atoms with Crippen LogP contribution in [0.1, 0.15) is 41.9 Å². The van der Waals surface area contributed by atoms with Crippen LogP contribution in [0.15, 0.2) is 36.7 Å². The predicted molar refractivity (Wildman–Crippen MR) is 85.6 cm³/mol. The molecule has 1 saturated carbocycles. The molecule has 1 aromatic carbocycles. The van der Waals surface area contributed by atoms with Crippen LogP contribution < -0.4 is 0 Å². The highest BCUT2D eigenvalue weighted by Gasteiger charge is 2.49. The Morgan fingerprint density at radius 1 is 1.33 bits per heavy atom. The summed E-state index contributed by atoms with van der Waals surface area (Å²) in [7, 11) is 1.34. The van der Waals surface area contributed by atoms with Crippen molar-refractivity contribution in [1.82, 2.24) is 4.98 Å². The van der Waals surface area contributed by atoms with Crippen LogP contribution in [0.5, 0.6) is 0 Å². The monoisotopic (exact) mass is 331 g/mol. The molecule has 0 spiro atoms. The van der Waals surface area contributed by atoms with Crippen molar-refractivity contribution in [1.29, 1.82) is 0 Å². The number of rotatable bonds is 3. The lowest BCUT2D eigenvalue weighted by Crippen LogP contribution is -2.35. The number of benzene rings is 1. The van der Waals surface area contributed by atoms with E-state index in [-0.39, 0.29) is 17.7 Å². The number of hydrogen-bond donors (Lipinski definition) is 0. The van der Waals surface area contributed by atoms with E-state index >= 15 is 0 Å². The van der Waals surface area contributed by atoms with Crippen molar-refractivity contribution in [3.05, 3.63) is 65.0 Å². The van der Waals surface area contributed by atoms with E-state index in [0.29, 0.717) is 30.4 Å². The maximum absolute atomic E-state index is 14.0. The van der Waals surface area contributed by atoms with Gasteiger partial charge in [0.1, 0.15) is 11.6 Å². The van der Waals surface area contributed by atoms with Crippen LogP contribution in [-0.2, 0) is 14.9 Å². The van der Waals surface area contributed by atoms with Crippen molar-refractivity contribution in [2.75, 3.05) is 7.11 Å². The van der Waals surface area contributed by atoms with E-state index in [2.05, 4.69) is 4.98 Å². The van der Waals surface area contributed by atoms with Crippen LogP contribution in [0.2, 0.25) is 0 Å². The number of ether oxygens (including phenoxy) is 1. The minimum Gasteiger partial charge on any atom is -0.468 e. The predicted octanol–water partition coefficient (Wildman–Crippen LogP) is 4.05. The zero-order valence-electron chi connectivity index (χ0n) is 13.7. The minimum absolute atomic E-state index is 0.0185. The van der Waals surface area contributed by atoms with Crippen LogP contribution in [0.4, 0.5) is 8.78 Å². The summed E-state index contributed by atoms with van der Waals surface area (Å²) in [5.41, 5.74) is 0.967. The molecule has 1 unspecified atom stereocenters. The molecule has 0 bridgehead atoms. The molecule has 1 fully saturated rings. The molecule has 0 amide bonds. The van der Waals surface area contributed by atoms with Gasteiger partial charge in [0.25, 0.3) is 0 Å². The average Bonchev–Trinajstić information content (AvgIpc) is 3.03. The number of aromatic nitrogens is 1. The number of carbonyl (C=O) groups excluding carboxylic acids is 1. The van der Waals surface area contributed by atoms with E-state index in [9.17, 15) is 13.6 Å². The largest absolute Gasteiger partial charge is 0.468 e. The molecule has 126 valence electrons. The van der Waals surface area contributed by atoms with Gasteiger partial charge in [-0.25, -0.2) is 8.78 Å². The van der Waals surface area contributed by atoms with Crippen LogP contribution in [0.25, 0.3) is 0 Å². The third-order valence-corrected chi connectivity index (χ3v) is 5.07. The summed E-state index contributed by atoms with van der Waals surface area (Å²) in [6, 6.07) is 6.22. The summed E-state index contributed by atoms with van der Waals surface area (Å²) in [5, 5.41) is 0. The molecule has 0 aliphatic heterocycles. The van der Waals surface area contributed by atoms with Crippen LogP contribution in [-0.4, -0.2) is 18.1 Å². The second kappa shape index (κ2) is 6.30. The normalized spacial score (nSPS) is 23.2. The molecular weight excluding hydrogens is 312 g/mol. The van der Waals surface area contributed by atoms with Crippen molar-refractivity contribution in [3.63, 3.8) is 0 Å². The quantitative estimate of drug-likeness (QED) is 0.797. The molecule has 1 aromatic heterocycles. The number of nitrogens with zero attached hydrogens (tertiary/aromatic N) is 1. The van der Waals surface area contributed by atoms with Gasteiger partial charge >= 0.3 is 5.97 Å². The van der Waals surface area contributed by atoms with E-state index < -0.39 is 11.2 Å². The maximum atomic E-state index is 14.0. The SMILES string of the molecule is COC(=O)[C@@]1(c2cccc(F)c2C)CCC(c2cncc(F)c2)C1. The maximum Gasteiger partial charge on any atom is 0.316 e. The molecule has 0 N–H and O–H groups in total. The van der Waals surface area contributed by atoms with Gasteiger partial charge in [-0.3, -0.25) is 9.78 Å². The Kier molecular flexibility index (Phi) is 4.35. The second-order valence-electron chi connectivity index (χ2n) is 6.36. The van der Waals surface area contributed by atoms with Crippen LogP contribution in [0.3, 0.4) is 0 Å². The van der Waals surface area contributed by atoms with E-state index in [1.54, 1.807) is 25.3 Å². The summed E-state index contributed by atoms with van der Waals surface area (Å²) < 4.78 is 32.5. The summed E-state index contributed by atoms with van der Waals surface area (Å²) in [6.45, 7) is 1.67. The molecule has 3 rings (SSSR count). The first-order valence-electron chi connectivity index (χ1n) is 7.92. The molecule has 0 radical (unpaired) electrons. The summed E-state index contributed by atoms with van der Waals surface area (Å²) in [4.78, 5) is 16.5. The summed E-state index contributed by atoms with van der Waals surface area (Å²) >= 11 is 0. The van der Waals surface area contributed by atoms with Gasteiger partial charge in [0.2, 0.25) is 0 Å². The molecule has 2 atom stereocenters. The first-order valence-corrected chi connectivity index (χ1v) is 7.92. The zero-order chi connectivity index (χ0) is 17.3. The molecule has 3 nitrogen and oxygen atoms in total. The smallest absolute Gasteiger partial charge is 0.316 e. The molecule has 1 aliphatic rings. The van der Waals surface area contributed by atoms with Gasteiger partial charge in [0.05, 0.1) is 18.7 Å². The van der Waals surface area contributed by atoms with Gasteiger partial charge in [-0.15, -0.1) is 0 Å². The minimum atomic E-state index is -0.905. The fourth-order valence-corrected chi connectivity index (χ4v) is 3.84. The van der Waals surface area contributed by atoms with E-state index in [1.807, 2.05) is 0 Å². The van der Waals surface area contributed by atoms with E-state index in [0.717, 1.165) is 11.8 Å². The van der Waals surface area contributed by atoms with Crippen molar-refractivity contribution in [2.45, 2.75) is 37.5 Å². The lowest BCUT2D eigenvalue weighted by molar-refractivity contribution is -0.147. The summed E-state index contributed by atoms with van der Waals surface area (Å²) in [5.74, 6) is -1.13. The Hall–Kier alpha value is -2.30. The molecule has 5 heteroatoms. The fraction of sp³-hybridized carbons (Fsp3) is 0.368. The number of hydrogen-bond acceptors (Lipinski definition) is 3. The second-order valence-corrected chi connectivity index (χ2v) is 6.36. The third kappa shape index (κ3) is 2.68.